The molecule has 0 aliphatic heterocycles. The van der Waals surface area contributed by atoms with Crippen LogP contribution in [0.1, 0.15) is 67.2 Å². The molecule has 1 N–H and O–H groups in total. The topological polar surface area (TPSA) is 46.5 Å². The molecule has 37 heavy (non-hydrogen) atoms. The van der Waals surface area contributed by atoms with Gasteiger partial charge in [-0.2, -0.15) is 13.2 Å². The molecule has 6 heteroatoms. The third-order valence-electron chi connectivity index (χ3n) is 8.60. The van der Waals surface area contributed by atoms with E-state index in [0.717, 1.165) is 47.3 Å². The fourth-order valence-electron chi connectivity index (χ4n) is 7.48. The molecule has 0 amide bonds. The van der Waals surface area contributed by atoms with Crippen LogP contribution in [-0.2, 0) is 22.8 Å². The Bertz CT molecular complexity index is 1190. The number of methoxy groups -OCH3 is 1. The third kappa shape index (κ3) is 5.48. The Labute approximate surface area is 216 Å². The third-order valence-corrected chi connectivity index (χ3v) is 8.60. The van der Waals surface area contributed by atoms with Crippen LogP contribution in [-0.4, -0.2) is 18.2 Å². The molecule has 0 radical (unpaired) electrons. The molecule has 6 rings (SSSR count). The van der Waals surface area contributed by atoms with E-state index in [1.165, 1.54) is 56.2 Å². The van der Waals surface area contributed by atoms with E-state index in [1.807, 2.05) is 0 Å². The average Bonchev–Trinajstić information content (AvgIpc) is 2.84. The van der Waals surface area contributed by atoms with Crippen molar-refractivity contribution in [2.24, 2.45) is 17.8 Å². The summed E-state index contributed by atoms with van der Waals surface area (Å²) in [6, 6.07) is 11.5. The van der Waals surface area contributed by atoms with E-state index in [9.17, 15) is 18.0 Å². The molecule has 2 aromatic rings. The van der Waals surface area contributed by atoms with Crippen LogP contribution in [0.5, 0.6) is 5.75 Å². The van der Waals surface area contributed by atoms with Crippen LogP contribution in [0.4, 0.5) is 13.2 Å². The van der Waals surface area contributed by atoms with Crippen LogP contribution in [0.3, 0.4) is 0 Å². The van der Waals surface area contributed by atoms with E-state index in [4.69, 9.17) is 9.84 Å². The molecule has 0 saturated heterocycles. The van der Waals surface area contributed by atoms with Crippen LogP contribution in [0.15, 0.2) is 60.7 Å². The van der Waals surface area contributed by atoms with Gasteiger partial charge in [-0.15, -0.1) is 0 Å². The number of halogens is 3. The largest absolute Gasteiger partial charge is 0.496 e. The lowest BCUT2D eigenvalue weighted by Gasteiger charge is -2.57. The molecule has 4 fully saturated rings. The summed E-state index contributed by atoms with van der Waals surface area (Å²) in [5.74, 6) is 2.31. The van der Waals surface area contributed by atoms with Crippen molar-refractivity contribution in [2.45, 2.75) is 63.0 Å². The van der Waals surface area contributed by atoms with E-state index in [2.05, 4.69) is 18.2 Å². The van der Waals surface area contributed by atoms with Gasteiger partial charge < -0.3 is 9.84 Å². The molecule has 0 spiro atoms. The monoisotopic (exact) mass is 510 g/mol. The van der Waals surface area contributed by atoms with Gasteiger partial charge in [0, 0.05) is 11.6 Å². The van der Waals surface area contributed by atoms with E-state index >= 15 is 0 Å². The summed E-state index contributed by atoms with van der Waals surface area (Å²) in [5, 5.41) is 9.06. The van der Waals surface area contributed by atoms with Crippen molar-refractivity contribution in [3.63, 3.8) is 0 Å². The first-order chi connectivity index (χ1) is 17.6. The highest BCUT2D eigenvalue weighted by molar-refractivity contribution is 5.85. The Balaban J connectivity index is 1.36. The number of carbonyl (C=O) groups is 1. The first-order valence-corrected chi connectivity index (χ1v) is 13.1. The number of benzene rings is 2. The average molecular weight is 511 g/mol. The minimum Gasteiger partial charge on any atom is -0.496 e. The van der Waals surface area contributed by atoms with Crippen LogP contribution in [0.2, 0.25) is 0 Å². The number of aliphatic carboxylic acids is 1. The van der Waals surface area contributed by atoms with Gasteiger partial charge in [0.05, 0.1) is 12.7 Å². The lowest BCUT2D eigenvalue weighted by atomic mass is 9.48. The summed E-state index contributed by atoms with van der Waals surface area (Å²) in [6.45, 7) is 0. The van der Waals surface area contributed by atoms with Gasteiger partial charge in [-0.1, -0.05) is 30.3 Å². The number of aryl methyl sites for hydroxylation is 1. The Morgan fingerprint density at radius 1 is 1.03 bits per heavy atom. The van der Waals surface area contributed by atoms with Crippen molar-refractivity contribution in [1.29, 1.82) is 0 Å². The van der Waals surface area contributed by atoms with Crippen LogP contribution < -0.4 is 4.74 Å². The summed E-state index contributed by atoms with van der Waals surface area (Å²) >= 11 is 0. The molecular weight excluding hydrogens is 477 g/mol. The van der Waals surface area contributed by atoms with Gasteiger partial charge in [0.2, 0.25) is 0 Å². The second-order valence-corrected chi connectivity index (χ2v) is 11.2. The number of hydrogen-bond donors (Lipinski definition) is 1. The standard InChI is InChI=1S/C31H33F3O3/c1-37-28-15-20(8-10-27(28)30-17-21-12-22(18-30)14-23(13-21)19-30)4-2-5-24(9-11-29(35)36)25-6-3-7-26(16-25)31(32,33)34/h3,5-11,15-16,21-23H,2,4,12-14,17-19H2,1H3,(H,35,36)/b11-9?,24-5-. The normalized spacial score (nSPS) is 27.1. The lowest BCUT2D eigenvalue weighted by Crippen LogP contribution is -2.48. The maximum atomic E-state index is 13.2. The highest BCUT2D eigenvalue weighted by atomic mass is 19.4. The van der Waals surface area contributed by atoms with Gasteiger partial charge in [0.25, 0.3) is 0 Å². The molecule has 0 unspecified atom stereocenters. The van der Waals surface area contributed by atoms with E-state index in [0.29, 0.717) is 24.0 Å². The second-order valence-electron chi connectivity index (χ2n) is 11.2. The molecule has 0 heterocycles. The fourth-order valence-corrected chi connectivity index (χ4v) is 7.48. The number of allylic oxidation sites excluding steroid dienone is 3. The van der Waals surface area contributed by atoms with Crippen molar-refractivity contribution in [3.05, 3.63) is 82.9 Å². The van der Waals surface area contributed by atoms with Gasteiger partial charge in [-0.3, -0.25) is 0 Å². The zero-order valence-corrected chi connectivity index (χ0v) is 21.1. The Morgan fingerprint density at radius 3 is 2.30 bits per heavy atom. The van der Waals surface area contributed by atoms with Gasteiger partial charge in [-0.25, -0.2) is 4.79 Å². The lowest BCUT2D eigenvalue weighted by molar-refractivity contribution is -0.137. The minimum atomic E-state index is -4.47. The predicted octanol–water partition coefficient (Wildman–Crippen LogP) is 7.84. The van der Waals surface area contributed by atoms with E-state index in [-0.39, 0.29) is 5.41 Å². The summed E-state index contributed by atoms with van der Waals surface area (Å²) < 4.78 is 45.5. The van der Waals surface area contributed by atoms with Crippen molar-refractivity contribution >= 4 is 11.5 Å². The van der Waals surface area contributed by atoms with Gasteiger partial charge in [-0.05, 0) is 116 Å². The first-order valence-electron chi connectivity index (χ1n) is 13.1. The molecule has 4 bridgehead atoms. The first kappa shape index (κ1) is 25.6. The molecule has 4 aliphatic carbocycles. The highest BCUT2D eigenvalue weighted by Gasteiger charge is 2.52. The maximum absolute atomic E-state index is 13.2. The van der Waals surface area contributed by atoms with Crippen molar-refractivity contribution in [3.8, 4) is 5.75 Å². The minimum absolute atomic E-state index is 0.233. The zero-order valence-electron chi connectivity index (χ0n) is 21.1. The Hall–Kier alpha value is -3.02. The van der Waals surface area contributed by atoms with Gasteiger partial charge >= 0.3 is 12.1 Å². The summed E-state index contributed by atoms with van der Waals surface area (Å²) in [4.78, 5) is 11.1. The molecule has 2 aromatic carbocycles. The maximum Gasteiger partial charge on any atom is 0.416 e. The Morgan fingerprint density at radius 2 is 1.70 bits per heavy atom. The van der Waals surface area contributed by atoms with Crippen molar-refractivity contribution in [2.75, 3.05) is 7.11 Å². The van der Waals surface area contributed by atoms with E-state index in [1.54, 1.807) is 19.3 Å². The summed E-state index contributed by atoms with van der Waals surface area (Å²) in [5.41, 5.74) is 2.68. The number of carboxylic acids is 1. The summed E-state index contributed by atoms with van der Waals surface area (Å²) in [7, 11) is 1.73. The number of ether oxygens (including phenoxy) is 1. The van der Waals surface area contributed by atoms with Crippen molar-refractivity contribution < 1.29 is 27.8 Å². The molecule has 4 aliphatic rings. The number of alkyl halides is 3. The fraction of sp³-hybridized carbons (Fsp3) is 0.452. The quantitative estimate of drug-likeness (QED) is 0.291. The zero-order chi connectivity index (χ0) is 26.2. The molecular formula is C31H33F3O3. The molecule has 0 atom stereocenters. The second kappa shape index (κ2) is 10.0. The molecule has 0 aromatic heterocycles. The van der Waals surface area contributed by atoms with Crippen molar-refractivity contribution in [1.82, 2.24) is 0 Å². The molecule has 3 nitrogen and oxygen atoms in total. The number of carboxylic acid groups (broad SMARTS) is 1. The molecule has 4 saturated carbocycles. The molecule has 196 valence electrons. The van der Waals surface area contributed by atoms with Crippen LogP contribution in [0.25, 0.3) is 5.57 Å². The summed E-state index contributed by atoms with van der Waals surface area (Å²) in [6.07, 6.45) is 8.79. The van der Waals surface area contributed by atoms with Crippen LogP contribution >= 0.6 is 0 Å². The van der Waals surface area contributed by atoms with Crippen LogP contribution in [0, 0.1) is 17.8 Å². The smallest absolute Gasteiger partial charge is 0.416 e. The van der Waals surface area contributed by atoms with E-state index < -0.39 is 17.7 Å². The van der Waals surface area contributed by atoms with Gasteiger partial charge in [0.1, 0.15) is 5.75 Å². The number of hydrogen-bond acceptors (Lipinski definition) is 2. The number of rotatable bonds is 8. The van der Waals surface area contributed by atoms with Gasteiger partial charge in [0.15, 0.2) is 0 Å². The predicted molar refractivity (Wildman–Crippen MR) is 137 cm³/mol. The SMILES string of the molecule is COc1cc(CC/C=C(/C=CC(=O)O)c2cccc(C(F)(F)F)c2)ccc1C12CC3CC(CC(C3)C1)C2. The Kier molecular flexibility index (Phi) is 6.95. The highest BCUT2D eigenvalue weighted by Crippen LogP contribution is 2.61.